The summed E-state index contributed by atoms with van der Waals surface area (Å²) in [6.07, 6.45) is 2.31. The lowest BCUT2D eigenvalue weighted by molar-refractivity contribution is 0.153. The van der Waals surface area contributed by atoms with Crippen LogP contribution in [0.4, 0.5) is 0 Å². The average molecular weight is 384 g/mol. The minimum atomic E-state index is 1.11. The predicted molar refractivity (Wildman–Crippen MR) is 123 cm³/mol. The predicted octanol–water partition coefficient (Wildman–Crippen LogP) is 5.17. The third kappa shape index (κ3) is 3.81. The van der Waals surface area contributed by atoms with E-state index >= 15 is 0 Å². The first-order chi connectivity index (χ1) is 14.3. The van der Waals surface area contributed by atoms with Crippen molar-refractivity contribution < 1.29 is 0 Å². The van der Waals surface area contributed by atoms with Crippen LogP contribution in [-0.4, -0.2) is 54.6 Å². The fourth-order valence-corrected chi connectivity index (χ4v) is 4.60. The summed E-state index contributed by atoms with van der Waals surface area (Å²) in [7, 11) is 2.22. The SMILES string of the molecule is CN1CCN(CCCc2c(-c3ccc4ccccc4c3)[nH]c3ccccc23)CC1. The van der Waals surface area contributed by atoms with Crippen LogP contribution in [0.15, 0.2) is 66.7 Å². The Kier molecular flexibility index (Phi) is 5.09. The lowest BCUT2D eigenvalue weighted by Crippen LogP contribution is -2.44. The van der Waals surface area contributed by atoms with Crippen LogP contribution in [0, 0.1) is 0 Å². The van der Waals surface area contributed by atoms with Crippen molar-refractivity contribution in [2.75, 3.05) is 39.8 Å². The minimum absolute atomic E-state index is 1.11. The summed E-state index contributed by atoms with van der Waals surface area (Å²) in [5, 5.41) is 3.96. The molecule has 0 amide bonds. The van der Waals surface area contributed by atoms with E-state index in [-0.39, 0.29) is 0 Å². The molecule has 4 aromatic rings. The molecule has 1 saturated heterocycles. The Hall–Kier alpha value is -2.62. The van der Waals surface area contributed by atoms with Crippen LogP contribution in [-0.2, 0) is 6.42 Å². The van der Waals surface area contributed by atoms with Gasteiger partial charge in [-0.25, -0.2) is 0 Å². The summed E-state index contributed by atoms with van der Waals surface area (Å²) in [5.74, 6) is 0. The number of hydrogen-bond acceptors (Lipinski definition) is 2. The number of rotatable bonds is 5. The van der Waals surface area contributed by atoms with Gasteiger partial charge < -0.3 is 14.8 Å². The molecule has 0 saturated carbocycles. The van der Waals surface area contributed by atoms with Crippen LogP contribution < -0.4 is 0 Å². The lowest BCUT2D eigenvalue weighted by Gasteiger charge is -2.32. The number of hydrogen-bond donors (Lipinski definition) is 1. The van der Waals surface area contributed by atoms with E-state index in [0.29, 0.717) is 0 Å². The van der Waals surface area contributed by atoms with Gasteiger partial charge in [0.1, 0.15) is 0 Å². The Morgan fingerprint density at radius 3 is 2.45 bits per heavy atom. The van der Waals surface area contributed by atoms with Crippen molar-refractivity contribution in [3.63, 3.8) is 0 Å². The van der Waals surface area contributed by atoms with Crippen LogP contribution >= 0.6 is 0 Å². The second-order valence-electron chi connectivity index (χ2n) is 8.33. The summed E-state index contributed by atoms with van der Waals surface area (Å²) in [6, 6.07) is 24.2. The third-order valence-electron chi connectivity index (χ3n) is 6.35. The highest BCUT2D eigenvalue weighted by Gasteiger charge is 2.16. The molecule has 1 aromatic heterocycles. The smallest absolute Gasteiger partial charge is 0.0497 e. The molecular weight excluding hydrogens is 354 g/mol. The number of H-pyrrole nitrogens is 1. The number of aromatic nitrogens is 1. The van der Waals surface area contributed by atoms with E-state index in [0.717, 1.165) is 6.42 Å². The number of aromatic amines is 1. The van der Waals surface area contributed by atoms with Gasteiger partial charge in [-0.1, -0.05) is 54.6 Å². The van der Waals surface area contributed by atoms with Gasteiger partial charge >= 0.3 is 0 Å². The number of fused-ring (bicyclic) bond motifs is 2. The molecule has 3 heteroatoms. The van der Waals surface area contributed by atoms with Gasteiger partial charge in [-0.2, -0.15) is 0 Å². The van der Waals surface area contributed by atoms with E-state index in [1.54, 1.807) is 0 Å². The zero-order valence-corrected chi connectivity index (χ0v) is 17.2. The molecule has 1 aliphatic heterocycles. The second-order valence-corrected chi connectivity index (χ2v) is 8.33. The van der Waals surface area contributed by atoms with Crippen LogP contribution in [0.1, 0.15) is 12.0 Å². The molecule has 1 fully saturated rings. The van der Waals surface area contributed by atoms with E-state index in [2.05, 4.69) is 88.6 Å². The second kappa shape index (κ2) is 8.02. The number of nitrogens with zero attached hydrogens (tertiary/aromatic N) is 2. The molecule has 2 heterocycles. The van der Waals surface area contributed by atoms with Gasteiger partial charge in [0.15, 0.2) is 0 Å². The zero-order chi connectivity index (χ0) is 19.6. The number of benzene rings is 3. The molecular formula is C26H29N3. The third-order valence-corrected chi connectivity index (χ3v) is 6.35. The summed E-state index contributed by atoms with van der Waals surface area (Å²) in [6.45, 7) is 5.96. The zero-order valence-electron chi connectivity index (χ0n) is 17.2. The van der Waals surface area contributed by atoms with Crippen molar-refractivity contribution in [3.05, 3.63) is 72.3 Å². The molecule has 3 nitrogen and oxygen atoms in total. The molecule has 29 heavy (non-hydrogen) atoms. The van der Waals surface area contributed by atoms with Gasteiger partial charge in [0.05, 0.1) is 0 Å². The number of nitrogens with one attached hydrogen (secondary N) is 1. The van der Waals surface area contributed by atoms with E-state index in [1.807, 2.05) is 0 Å². The molecule has 0 aliphatic carbocycles. The first kappa shape index (κ1) is 18.4. The Labute approximate surface area is 172 Å². The fraction of sp³-hybridized carbons (Fsp3) is 0.308. The highest BCUT2D eigenvalue weighted by atomic mass is 15.2. The highest BCUT2D eigenvalue weighted by molar-refractivity contribution is 5.93. The molecule has 148 valence electrons. The Balaban J connectivity index is 1.43. The monoisotopic (exact) mass is 383 g/mol. The van der Waals surface area contributed by atoms with Crippen molar-refractivity contribution in [3.8, 4) is 11.3 Å². The molecule has 0 atom stereocenters. The van der Waals surface area contributed by atoms with Crippen LogP contribution in [0.3, 0.4) is 0 Å². The largest absolute Gasteiger partial charge is 0.354 e. The maximum atomic E-state index is 3.72. The number of piperazine rings is 1. The van der Waals surface area contributed by atoms with E-state index in [9.17, 15) is 0 Å². The van der Waals surface area contributed by atoms with Gasteiger partial charge in [0.25, 0.3) is 0 Å². The Morgan fingerprint density at radius 2 is 1.59 bits per heavy atom. The van der Waals surface area contributed by atoms with E-state index in [4.69, 9.17) is 0 Å². The van der Waals surface area contributed by atoms with Gasteiger partial charge in [0.2, 0.25) is 0 Å². The molecule has 5 rings (SSSR count). The topological polar surface area (TPSA) is 22.3 Å². The van der Waals surface area contributed by atoms with Crippen molar-refractivity contribution in [1.29, 1.82) is 0 Å². The first-order valence-electron chi connectivity index (χ1n) is 10.8. The first-order valence-corrected chi connectivity index (χ1v) is 10.8. The molecule has 1 N–H and O–H groups in total. The summed E-state index contributed by atoms with van der Waals surface area (Å²) < 4.78 is 0. The molecule has 1 aliphatic rings. The Bertz CT molecular complexity index is 1120. The average Bonchev–Trinajstić information content (AvgIpc) is 3.13. The fourth-order valence-electron chi connectivity index (χ4n) is 4.60. The molecule has 0 unspecified atom stereocenters. The summed E-state index contributed by atoms with van der Waals surface area (Å²) in [5.41, 5.74) is 5.28. The van der Waals surface area contributed by atoms with Crippen molar-refractivity contribution in [2.24, 2.45) is 0 Å². The quantitative estimate of drug-likeness (QED) is 0.514. The van der Waals surface area contributed by atoms with Crippen molar-refractivity contribution in [1.82, 2.24) is 14.8 Å². The standard InChI is InChI=1S/C26H29N3/c1-28-15-17-29(18-16-28)14-6-10-24-23-9-4-5-11-25(23)27-26(24)22-13-12-20-7-2-3-8-21(20)19-22/h2-5,7-9,11-13,19,27H,6,10,14-18H2,1H3. The molecule has 0 radical (unpaired) electrons. The maximum absolute atomic E-state index is 3.72. The molecule has 0 spiro atoms. The summed E-state index contributed by atoms with van der Waals surface area (Å²) in [4.78, 5) is 8.76. The van der Waals surface area contributed by atoms with Crippen LogP contribution in [0.25, 0.3) is 32.9 Å². The van der Waals surface area contributed by atoms with Crippen molar-refractivity contribution in [2.45, 2.75) is 12.8 Å². The van der Waals surface area contributed by atoms with Gasteiger partial charge in [-0.15, -0.1) is 0 Å². The van der Waals surface area contributed by atoms with E-state index in [1.165, 1.54) is 77.6 Å². The van der Waals surface area contributed by atoms with Gasteiger partial charge in [-0.05, 0) is 60.5 Å². The summed E-state index contributed by atoms with van der Waals surface area (Å²) >= 11 is 0. The maximum Gasteiger partial charge on any atom is 0.0497 e. The van der Waals surface area contributed by atoms with E-state index < -0.39 is 0 Å². The van der Waals surface area contributed by atoms with Gasteiger partial charge in [0, 0.05) is 42.8 Å². The van der Waals surface area contributed by atoms with Crippen LogP contribution in [0.5, 0.6) is 0 Å². The number of likely N-dealkylation sites (N-methyl/N-ethyl adjacent to an activating group) is 1. The minimum Gasteiger partial charge on any atom is -0.354 e. The lowest BCUT2D eigenvalue weighted by atomic mass is 9.99. The van der Waals surface area contributed by atoms with Crippen LogP contribution in [0.2, 0.25) is 0 Å². The van der Waals surface area contributed by atoms with Gasteiger partial charge in [-0.3, -0.25) is 0 Å². The normalized spacial score (nSPS) is 16.0. The number of para-hydroxylation sites is 1. The van der Waals surface area contributed by atoms with Crippen molar-refractivity contribution >= 4 is 21.7 Å². The number of aryl methyl sites for hydroxylation is 1. The molecule has 0 bridgehead atoms. The molecule has 3 aromatic carbocycles. The Morgan fingerprint density at radius 1 is 0.828 bits per heavy atom. The highest BCUT2D eigenvalue weighted by Crippen LogP contribution is 2.33.